The van der Waals surface area contributed by atoms with E-state index in [0.717, 1.165) is 27.2 Å². The molecular weight excluding hydrogens is 316 g/mol. The van der Waals surface area contributed by atoms with Crippen molar-refractivity contribution in [3.05, 3.63) is 32.9 Å². The molecule has 6 heteroatoms. The van der Waals surface area contributed by atoms with E-state index in [0.29, 0.717) is 10.7 Å². The van der Waals surface area contributed by atoms with Crippen LogP contribution in [0.2, 0.25) is 5.02 Å². The SMILES string of the molecule is Cc1cc(Br)c(Nc2c(N)c(C)nn2C)cc1Cl. The molecule has 0 saturated carbocycles. The zero-order valence-corrected chi connectivity index (χ0v) is 12.7. The van der Waals surface area contributed by atoms with Crippen molar-refractivity contribution < 1.29 is 0 Å². The molecule has 0 amide bonds. The number of hydrogen-bond acceptors (Lipinski definition) is 3. The Morgan fingerprint density at radius 2 is 2.06 bits per heavy atom. The van der Waals surface area contributed by atoms with Gasteiger partial charge in [0.1, 0.15) is 0 Å². The van der Waals surface area contributed by atoms with E-state index in [2.05, 4.69) is 26.3 Å². The van der Waals surface area contributed by atoms with Gasteiger partial charge in [-0.3, -0.25) is 4.68 Å². The maximum absolute atomic E-state index is 6.12. The molecule has 0 aliphatic rings. The summed E-state index contributed by atoms with van der Waals surface area (Å²) in [5.74, 6) is 0.758. The minimum absolute atomic E-state index is 0.640. The molecule has 1 heterocycles. The second kappa shape index (κ2) is 4.82. The van der Waals surface area contributed by atoms with Crippen LogP contribution < -0.4 is 11.1 Å². The number of aryl methyl sites for hydroxylation is 3. The van der Waals surface area contributed by atoms with E-state index in [4.69, 9.17) is 17.3 Å². The van der Waals surface area contributed by atoms with E-state index in [1.165, 1.54) is 0 Å². The number of aromatic nitrogens is 2. The molecule has 1 aromatic carbocycles. The Labute approximate surface area is 119 Å². The molecule has 0 radical (unpaired) electrons. The van der Waals surface area contributed by atoms with Gasteiger partial charge in [-0.15, -0.1) is 0 Å². The maximum atomic E-state index is 6.12. The van der Waals surface area contributed by atoms with Crippen LogP contribution in [0.15, 0.2) is 16.6 Å². The second-order valence-electron chi connectivity index (χ2n) is 4.18. The van der Waals surface area contributed by atoms with Gasteiger partial charge in [0, 0.05) is 16.5 Å². The van der Waals surface area contributed by atoms with Crippen LogP contribution in [0, 0.1) is 13.8 Å². The second-order valence-corrected chi connectivity index (χ2v) is 5.44. The Kier molecular flexibility index (Phi) is 3.54. The third-order valence-electron chi connectivity index (χ3n) is 2.77. The number of hydrogen-bond donors (Lipinski definition) is 2. The van der Waals surface area contributed by atoms with Crippen molar-refractivity contribution in [2.45, 2.75) is 13.8 Å². The quantitative estimate of drug-likeness (QED) is 0.881. The van der Waals surface area contributed by atoms with Crippen LogP contribution in [0.3, 0.4) is 0 Å². The fourth-order valence-electron chi connectivity index (χ4n) is 1.69. The highest BCUT2D eigenvalue weighted by Crippen LogP contribution is 2.33. The lowest BCUT2D eigenvalue weighted by Gasteiger charge is -2.11. The largest absolute Gasteiger partial charge is 0.394 e. The van der Waals surface area contributed by atoms with Gasteiger partial charge in [0.15, 0.2) is 5.82 Å². The highest BCUT2D eigenvalue weighted by Gasteiger charge is 2.12. The molecule has 0 saturated heterocycles. The molecule has 0 spiro atoms. The Morgan fingerprint density at radius 3 is 2.61 bits per heavy atom. The van der Waals surface area contributed by atoms with Gasteiger partial charge in [-0.25, -0.2) is 0 Å². The van der Waals surface area contributed by atoms with Crippen LogP contribution in [0.4, 0.5) is 17.2 Å². The van der Waals surface area contributed by atoms with Gasteiger partial charge >= 0.3 is 0 Å². The molecular formula is C12H14BrClN4. The Hall–Kier alpha value is -1.20. The van der Waals surface area contributed by atoms with Crippen molar-refractivity contribution in [3.63, 3.8) is 0 Å². The molecule has 0 aliphatic heterocycles. The first-order valence-electron chi connectivity index (χ1n) is 5.42. The number of nitrogens with two attached hydrogens (primary N) is 1. The zero-order valence-electron chi connectivity index (χ0n) is 10.4. The van der Waals surface area contributed by atoms with E-state index < -0.39 is 0 Å². The lowest BCUT2D eigenvalue weighted by molar-refractivity contribution is 0.765. The van der Waals surface area contributed by atoms with Crippen LogP contribution in [-0.2, 0) is 7.05 Å². The fourth-order valence-corrected chi connectivity index (χ4v) is 2.41. The summed E-state index contributed by atoms with van der Waals surface area (Å²) in [5, 5.41) is 8.21. The van der Waals surface area contributed by atoms with Crippen LogP contribution in [-0.4, -0.2) is 9.78 Å². The number of nitrogens with zero attached hydrogens (tertiary/aromatic N) is 2. The Bertz CT molecular complexity index is 607. The lowest BCUT2D eigenvalue weighted by Crippen LogP contribution is -2.02. The summed E-state index contributed by atoms with van der Waals surface area (Å²) in [7, 11) is 1.84. The summed E-state index contributed by atoms with van der Waals surface area (Å²) in [5.41, 5.74) is 9.29. The molecule has 1 aromatic heterocycles. The first-order valence-corrected chi connectivity index (χ1v) is 6.59. The lowest BCUT2D eigenvalue weighted by atomic mass is 10.2. The summed E-state index contributed by atoms with van der Waals surface area (Å²) in [4.78, 5) is 0. The monoisotopic (exact) mass is 328 g/mol. The normalized spacial score (nSPS) is 10.7. The predicted molar refractivity (Wildman–Crippen MR) is 79.5 cm³/mol. The smallest absolute Gasteiger partial charge is 0.152 e. The number of benzene rings is 1. The zero-order chi connectivity index (χ0) is 13.4. The van der Waals surface area contributed by atoms with Gasteiger partial charge in [-0.2, -0.15) is 5.10 Å². The molecule has 0 fully saturated rings. The average molecular weight is 330 g/mol. The third kappa shape index (κ3) is 2.33. The minimum Gasteiger partial charge on any atom is -0.394 e. The van der Waals surface area contributed by atoms with Gasteiger partial charge in [-0.05, 0) is 47.5 Å². The molecule has 0 unspecified atom stereocenters. The van der Waals surface area contributed by atoms with E-state index in [-0.39, 0.29) is 0 Å². The predicted octanol–water partition coefficient (Wildman–Crippen LogP) is 3.78. The molecule has 0 atom stereocenters. The van der Waals surface area contributed by atoms with E-state index in [1.54, 1.807) is 4.68 Å². The number of halogens is 2. The maximum Gasteiger partial charge on any atom is 0.152 e. The summed E-state index contributed by atoms with van der Waals surface area (Å²) in [6.07, 6.45) is 0. The first-order chi connectivity index (χ1) is 8.40. The van der Waals surface area contributed by atoms with E-state index in [9.17, 15) is 0 Å². The highest BCUT2D eigenvalue weighted by atomic mass is 79.9. The standard InChI is InChI=1S/C12H14BrClN4/c1-6-4-8(13)10(5-9(6)14)16-12-11(15)7(2)17-18(12)3/h4-5,16H,15H2,1-3H3. The third-order valence-corrected chi connectivity index (χ3v) is 3.83. The molecule has 0 aliphatic carbocycles. The molecule has 3 N–H and O–H groups in total. The molecule has 18 heavy (non-hydrogen) atoms. The van der Waals surface area contributed by atoms with Crippen molar-refractivity contribution in [3.8, 4) is 0 Å². The van der Waals surface area contributed by atoms with Crippen LogP contribution in [0.1, 0.15) is 11.3 Å². The number of anilines is 3. The number of rotatable bonds is 2. The van der Waals surface area contributed by atoms with Gasteiger partial charge in [0.05, 0.1) is 17.1 Å². The number of nitrogens with one attached hydrogen (secondary N) is 1. The molecule has 96 valence electrons. The van der Waals surface area contributed by atoms with Crippen molar-refractivity contribution in [2.24, 2.45) is 7.05 Å². The van der Waals surface area contributed by atoms with E-state index in [1.807, 2.05) is 33.0 Å². The fraction of sp³-hybridized carbons (Fsp3) is 0.250. The summed E-state index contributed by atoms with van der Waals surface area (Å²) >= 11 is 9.63. The first kappa shape index (κ1) is 13.2. The van der Waals surface area contributed by atoms with Gasteiger partial charge in [-0.1, -0.05) is 11.6 Å². The Balaban J connectivity index is 2.43. The topological polar surface area (TPSA) is 55.9 Å². The van der Waals surface area contributed by atoms with Gasteiger partial charge in [0.2, 0.25) is 0 Å². The highest BCUT2D eigenvalue weighted by molar-refractivity contribution is 9.10. The van der Waals surface area contributed by atoms with Gasteiger partial charge < -0.3 is 11.1 Å². The molecule has 0 bridgehead atoms. The molecule has 2 rings (SSSR count). The Morgan fingerprint density at radius 1 is 1.39 bits per heavy atom. The van der Waals surface area contributed by atoms with Crippen molar-refractivity contribution in [1.29, 1.82) is 0 Å². The van der Waals surface area contributed by atoms with Crippen LogP contribution in [0.5, 0.6) is 0 Å². The number of nitrogen functional groups attached to an aromatic ring is 1. The van der Waals surface area contributed by atoms with Crippen molar-refractivity contribution >= 4 is 44.7 Å². The molecule has 4 nitrogen and oxygen atoms in total. The average Bonchev–Trinajstić information content (AvgIpc) is 2.52. The van der Waals surface area contributed by atoms with Gasteiger partial charge in [0.25, 0.3) is 0 Å². The summed E-state index contributed by atoms with van der Waals surface area (Å²) < 4.78 is 2.65. The van der Waals surface area contributed by atoms with Crippen LogP contribution in [0.25, 0.3) is 0 Å². The van der Waals surface area contributed by atoms with Crippen LogP contribution >= 0.6 is 27.5 Å². The van der Waals surface area contributed by atoms with Crippen molar-refractivity contribution in [1.82, 2.24) is 9.78 Å². The van der Waals surface area contributed by atoms with E-state index >= 15 is 0 Å². The summed E-state index contributed by atoms with van der Waals surface area (Å²) in [6, 6.07) is 3.83. The summed E-state index contributed by atoms with van der Waals surface area (Å²) in [6.45, 7) is 3.83. The van der Waals surface area contributed by atoms with Crippen molar-refractivity contribution in [2.75, 3.05) is 11.1 Å². The molecule has 2 aromatic rings. The minimum atomic E-state index is 0.640.